The van der Waals surface area contributed by atoms with Crippen LogP contribution < -0.4 is 10.2 Å². The highest BCUT2D eigenvalue weighted by atomic mass is 79.9. The summed E-state index contributed by atoms with van der Waals surface area (Å²) in [5.74, 6) is 0.0518. The third-order valence-electron chi connectivity index (χ3n) is 4.32. The van der Waals surface area contributed by atoms with E-state index in [2.05, 4.69) is 46.1 Å². The van der Waals surface area contributed by atoms with Crippen LogP contribution in [0.15, 0.2) is 51.4 Å². The van der Waals surface area contributed by atoms with Gasteiger partial charge in [0, 0.05) is 34.3 Å². The number of benzene rings is 2. The number of carbonyl (C=O) groups is 1. The maximum atomic E-state index is 12.5. The molecular formula is C20H21BrN2O2. The van der Waals surface area contributed by atoms with Gasteiger partial charge >= 0.3 is 0 Å². The zero-order chi connectivity index (χ0) is 18.0. The first-order chi connectivity index (χ1) is 12.0. The van der Waals surface area contributed by atoms with Gasteiger partial charge in [0.15, 0.2) is 5.76 Å². The van der Waals surface area contributed by atoms with Crippen LogP contribution in [0.25, 0.3) is 11.0 Å². The molecule has 0 saturated heterocycles. The highest BCUT2D eigenvalue weighted by molar-refractivity contribution is 9.10. The normalized spacial score (nSPS) is 10.9. The number of carbonyl (C=O) groups excluding carboxylic acids is 1. The smallest absolute Gasteiger partial charge is 0.291 e. The highest BCUT2D eigenvalue weighted by Crippen LogP contribution is 2.28. The average molecular weight is 401 g/mol. The van der Waals surface area contributed by atoms with Crippen molar-refractivity contribution in [2.75, 3.05) is 23.3 Å². The number of aryl methyl sites for hydroxylation is 1. The maximum Gasteiger partial charge on any atom is 0.291 e. The van der Waals surface area contributed by atoms with Crippen molar-refractivity contribution in [2.24, 2.45) is 0 Å². The summed E-state index contributed by atoms with van der Waals surface area (Å²) in [6.45, 7) is 8.17. The third-order valence-corrected chi connectivity index (χ3v) is 5.01. The van der Waals surface area contributed by atoms with E-state index in [1.807, 2.05) is 37.3 Å². The molecule has 2 aromatic carbocycles. The van der Waals surface area contributed by atoms with Crippen LogP contribution in [-0.4, -0.2) is 19.0 Å². The van der Waals surface area contributed by atoms with Gasteiger partial charge in [0.25, 0.3) is 5.91 Å². The lowest BCUT2D eigenvalue weighted by Crippen LogP contribution is -2.22. The van der Waals surface area contributed by atoms with E-state index < -0.39 is 0 Å². The van der Waals surface area contributed by atoms with E-state index in [-0.39, 0.29) is 5.91 Å². The van der Waals surface area contributed by atoms with Gasteiger partial charge in [-0.1, -0.05) is 22.0 Å². The van der Waals surface area contributed by atoms with Crippen LogP contribution >= 0.6 is 15.9 Å². The fourth-order valence-corrected chi connectivity index (χ4v) is 3.36. The molecule has 0 bridgehead atoms. The van der Waals surface area contributed by atoms with E-state index in [9.17, 15) is 4.79 Å². The number of nitrogens with one attached hydrogen (secondary N) is 1. The van der Waals surface area contributed by atoms with Crippen molar-refractivity contribution in [2.45, 2.75) is 20.8 Å². The van der Waals surface area contributed by atoms with Gasteiger partial charge in [0.1, 0.15) is 5.58 Å². The summed E-state index contributed by atoms with van der Waals surface area (Å²) < 4.78 is 6.58. The predicted molar refractivity (Wildman–Crippen MR) is 107 cm³/mol. The lowest BCUT2D eigenvalue weighted by molar-refractivity contribution is 0.0998. The fourth-order valence-electron chi connectivity index (χ4n) is 2.89. The molecule has 5 heteroatoms. The fraction of sp³-hybridized carbons (Fsp3) is 0.250. The molecule has 1 heterocycles. The molecule has 3 rings (SSSR count). The zero-order valence-electron chi connectivity index (χ0n) is 14.6. The van der Waals surface area contributed by atoms with Crippen LogP contribution in [0, 0.1) is 6.92 Å². The topological polar surface area (TPSA) is 45.5 Å². The molecule has 0 saturated carbocycles. The van der Waals surface area contributed by atoms with Crippen molar-refractivity contribution < 1.29 is 9.21 Å². The van der Waals surface area contributed by atoms with Gasteiger partial charge in [0.05, 0.1) is 0 Å². The molecule has 0 aliphatic rings. The van der Waals surface area contributed by atoms with Crippen LogP contribution in [0.5, 0.6) is 0 Å². The predicted octanol–water partition coefficient (Wildman–Crippen LogP) is 5.60. The lowest BCUT2D eigenvalue weighted by atomic mass is 10.1. The summed E-state index contributed by atoms with van der Waals surface area (Å²) in [6, 6.07) is 13.5. The van der Waals surface area contributed by atoms with E-state index in [1.54, 1.807) is 6.07 Å². The minimum atomic E-state index is -0.248. The Hall–Kier alpha value is -2.27. The van der Waals surface area contributed by atoms with Gasteiger partial charge in [0.2, 0.25) is 0 Å². The molecule has 0 unspecified atom stereocenters. The number of nitrogens with zero attached hydrogens (tertiary/aromatic N) is 1. The van der Waals surface area contributed by atoms with E-state index in [1.165, 1.54) is 0 Å². The number of rotatable bonds is 5. The van der Waals surface area contributed by atoms with Gasteiger partial charge in [-0.3, -0.25) is 4.79 Å². The molecule has 0 spiro atoms. The van der Waals surface area contributed by atoms with Crippen molar-refractivity contribution in [3.63, 3.8) is 0 Å². The van der Waals surface area contributed by atoms with E-state index in [0.29, 0.717) is 11.3 Å². The number of hydrogen-bond acceptors (Lipinski definition) is 3. The first-order valence-electron chi connectivity index (χ1n) is 8.38. The minimum Gasteiger partial charge on any atom is -0.451 e. The van der Waals surface area contributed by atoms with Crippen LogP contribution in [0.2, 0.25) is 0 Å². The number of halogens is 1. The molecule has 0 radical (unpaired) electrons. The molecule has 3 aromatic rings. The summed E-state index contributed by atoms with van der Waals surface area (Å²) >= 11 is 3.48. The highest BCUT2D eigenvalue weighted by Gasteiger charge is 2.15. The van der Waals surface area contributed by atoms with Gasteiger partial charge < -0.3 is 14.6 Å². The van der Waals surface area contributed by atoms with Crippen LogP contribution in [0.3, 0.4) is 0 Å². The molecule has 0 aliphatic heterocycles. The zero-order valence-corrected chi connectivity index (χ0v) is 16.2. The van der Waals surface area contributed by atoms with Crippen molar-refractivity contribution in [3.8, 4) is 0 Å². The standard InChI is InChI=1S/C20H21BrN2O2/c1-4-23(5-2)14-9-10-17(13(3)11-14)22-20(24)19-12-15-16(21)7-6-8-18(15)25-19/h6-12H,4-5H2,1-3H3,(H,22,24). The molecule has 130 valence electrons. The summed E-state index contributed by atoms with van der Waals surface area (Å²) in [6.07, 6.45) is 0. The summed E-state index contributed by atoms with van der Waals surface area (Å²) in [7, 11) is 0. The molecule has 0 atom stereocenters. The third kappa shape index (κ3) is 3.56. The van der Waals surface area contributed by atoms with Gasteiger partial charge in [-0.2, -0.15) is 0 Å². The SMILES string of the molecule is CCN(CC)c1ccc(NC(=O)c2cc3c(Br)cccc3o2)c(C)c1. The molecule has 1 N–H and O–H groups in total. The summed E-state index contributed by atoms with van der Waals surface area (Å²) in [5, 5.41) is 3.83. The van der Waals surface area contributed by atoms with Crippen LogP contribution in [0.1, 0.15) is 30.0 Å². The molecule has 1 aromatic heterocycles. The number of furan rings is 1. The molecule has 1 amide bonds. The second kappa shape index (κ2) is 7.31. The number of fused-ring (bicyclic) bond motifs is 1. The minimum absolute atomic E-state index is 0.248. The number of amides is 1. The summed E-state index contributed by atoms with van der Waals surface area (Å²) in [5.41, 5.74) is 3.66. The van der Waals surface area contributed by atoms with Crippen molar-refractivity contribution in [1.29, 1.82) is 0 Å². The Kier molecular flexibility index (Phi) is 5.13. The maximum absolute atomic E-state index is 12.5. The quantitative estimate of drug-likeness (QED) is 0.605. The Bertz CT molecular complexity index is 913. The Morgan fingerprint density at radius 2 is 1.92 bits per heavy atom. The molecule has 25 heavy (non-hydrogen) atoms. The van der Waals surface area contributed by atoms with Crippen LogP contribution in [0.4, 0.5) is 11.4 Å². The Balaban J connectivity index is 1.83. The van der Waals surface area contributed by atoms with Gasteiger partial charge in [-0.25, -0.2) is 0 Å². The average Bonchev–Trinajstić information content (AvgIpc) is 3.04. The molecule has 4 nitrogen and oxygen atoms in total. The second-order valence-electron chi connectivity index (χ2n) is 5.89. The van der Waals surface area contributed by atoms with Crippen molar-refractivity contribution in [3.05, 3.63) is 58.3 Å². The van der Waals surface area contributed by atoms with E-state index >= 15 is 0 Å². The Labute approximate surface area is 155 Å². The number of hydrogen-bond donors (Lipinski definition) is 1. The second-order valence-corrected chi connectivity index (χ2v) is 6.74. The summed E-state index contributed by atoms with van der Waals surface area (Å²) in [4.78, 5) is 14.8. The van der Waals surface area contributed by atoms with E-state index in [0.717, 1.165) is 39.9 Å². The molecular weight excluding hydrogens is 380 g/mol. The van der Waals surface area contributed by atoms with E-state index in [4.69, 9.17) is 4.42 Å². The first kappa shape index (κ1) is 17.5. The number of anilines is 2. The molecule has 0 aliphatic carbocycles. The first-order valence-corrected chi connectivity index (χ1v) is 9.17. The molecule has 0 fully saturated rings. The monoisotopic (exact) mass is 400 g/mol. The van der Waals surface area contributed by atoms with Crippen LogP contribution in [-0.2, 0) is 0 Å². The largest absolute Gasteiger partial charge is 0.451 e. The Morgan fingerprint density at radius 1 is 1.16 bits per heavy atom. The lowest BCUT2D eigenvalue weighted by Gasteiger charge is -2.22. The Morgan fingerprint density at radius 3 is 2.56 bits per heavy atom. The van der Waals surface area contributed by atoms with Crippen molar-refractivity contribution >= 4 is 44.2 Å². The van der Waals surface area contributed by atoms with Crippen molar-refractivity contribution in [1.82, 2.24) is 0 Å². The van der Waals surface area contributed by atoms with Gasteiger partial charge in [-0.05, 0) is 62.7 Å². The van der Waals surface area contributed by atoms with Gasteiger partial charge in [-0.15, -0.1) is 0 Å².